The molecule has 1 amide bonds. The second-order valence-electron chi connectivity index (χ2n) is 2.72. The Hall–Kier alpha value is -1.92. The van der Waals surface area contributed by atoms with Crippen LogP contribution in [0.15, 0.2) is 6.08 Å². The molecule has 0 unspecified atom stereocenters. The summed E-state index contributed by atoms with van der Waals surface area (Å²) in [6.45, 7) is 0. The van der Waals surface area contributed by atoms with Crippen LogP contribution in [-0.2, 0) is 4.79 Å². The normalized spacial score (nSPS) is 11.1. The summed E-state index contributed by atoms with van der Waals surface area (Å²) in [7, 11) is 0. The van der Waals surface area contributed by atoms with Crippen molar-refractivity contribution in [1.82, 2.24) is 0 Å². The highest BCUT2D eigenvalue weighted by molar-refractivity contribution is 5.90. The number of rotatable bonds is 2. The summed E-state index contributed by atoms with van der Waals surface area (Å²) >= 11 is 0. The molecule has 1 aromatic carbocycles. The predicted octanol–water partition coefficient (Wildman–Crippen LogP) is 1.88. The van der Waals surface area contributed by atoms with Gasteiger partial charge in [-0.2, -0.15) is 0 Å². The van der Waals surface area contributed by atoms with E-state index in [1.165, 1.54) is 0 Å². The summed E-state index contributed by atoms with van der Waals surface area (Å²) in [4.78, 5) is 10.3. The summed E-state index contributed by atoms with van der Waals surface area (Å²) in [5.74, 6) is -11.5. The molecular formula is C9H4F5NO. The Morgan fingerprint density at radius 1 is 0.875 bits per heavy atom. The number of amides is 1. The van der Waals surface area contributed by atoms with E-state index in [0.29, 0.717) is 12.2 Å². The fourth-order valence-corrected chi connectivity index (χ4v) is 0.934. The van der Waals surface area contributed by atoms with Crippen LogP contribution < -0.4 is 5.73 Å². The quantitative estimate of drug-likeness (QED) is 0.363. The van der Waals surface area contributed by atoms with Gasteiger partial charge < -0.3 is 5.73 Å². The molecule has 0 saturated carbocycles. The molecule has 0 heterocycles. The first-order chi connectivity index (χ1) is 7.36. The van der Waals surface area contributed by atoms with E-state index in [0.717, 1.165) is 0 Å². The third-order valence-corrected chi connectivity index (χ3v) is 1.66. The van der Waals surface area contributed by atoms with Gasteiger partial charge in [0.15, 0.2) is 23.3 Å². The van der Waals surface area contributed by atoms with Crippen molar-refractivity contribution in [3.8, 4) is 0 Å². The zero-order chi connectivity index (χ0) is 12.5. The van der Waals surface area contributed by atoms with E-state index in [4.69, 9.17) is 0 Å². The lowest BCUT2D eigenvalue weighted by Crippen LogP contribution is -2.07. The van der Waals surface area contributed by atoms with Gasteiger partial charge in [0, 0.05) is 6.08 Å². The number of hydrogen-bond acceptors (Lipinski definition) is 1. The lowest BCUT2D eigenvalue weighted by atomic mass is 10.1. The Kier molecular flexibility index (Phi) is 3.26. The molecule has 2 N–H and O–H groups in total. The third-order valence-electron chi connectivity index (χ3n) is 1.66. The van der Waals surface area contributed by atoms with Crippen molar-refractivity contribution in [3.63, 3.8) is 0 Å². The van der Waals surface area contributed by atoms with E-state index in [-0.39, 0.29) is 0 Å². The zero-order valence-corrected chi connectivity index (χ0v) is 7.53. The van der Waals surface area contributed by atoms with Gasteiger partial charge in [-0.1, -0.05) is 0 Å². The second-order valence-corrected chi connectivity index (χ2v) is 2.72. The molecule has 0 aromatic heterocycles. The summed E-state index contributed by atoms with van der Waals surface area (Å²) in [5, 5.41) is 0. The smallest absolute Gasteiger partial charge is 0.241 e. The number of benzene rings is 1. The fraction of sp³-hybridized carbons (Fsp3) is 0. The first-order valence-electron chi connectivity index (χ1n) is 3.85. The van der Waals surface area contributed by atoms with E-state index in [1.807, 2.05) is 0 Å². The van der Waals surface area contributed by atoms with Crippen LogP contribution in [0.25, 0.3) is 6.08 Å². The Morgan fingerprint density at radius 3 is 1.62 bits per heavy atom. The maximum absolute atomic E-state index is 12.9. The minimum absolute atomic E-state index is 0.415. The molecule has 0 fully saturated rings. The molecule has 0 saturated heterocycles. The molecule has 0 aliphatic heterocycles. The van der Waals surface area contributed by atoms with Gasteiger partial charge in [0.25, 0.3) is 0 Å². The Bertz CT molecular complexity index is 454. The van der Waals surface area contributed by atoms with Gasteiger partial charge in [0.05, 0.1) is 5.56 Å². The van der Waals surface area contributed by atoms with E-state index in [1.54, 1.807) is 0 Å². The molecule has 0 aliphatic carbocycles. The average molecular weight is 237 g/mol. The van der Waals surface area contributed by atoms with Crippen LogP contribution in [0, 0.1) is 29.1 Å². The van der Waals surface area contributed by atoms with Gasteiger partial charge in [-0.25, -0.2) is 22.0 Å². The number of hydrogen-bond donors (Lipinski definition) is 1. The number of carbonyl (C=O) groups excluding carboxylic acids is 1. The Balaban J connectivity index is 3.45. The summed E-state index contributed by atoms with van der Waals surface area (Å²) in [6.07, 6.45) is 0.900. The van der Waals surface area contributed by atoms with Crippen molar-refractivity contribution in [2.45, 2.75) is 0 Å². The number of nitrogens with two attached hydrogens (primary N) is 1. The standard InChI is InChI=1S/C9H4F5NO/c10-5-3(1-2-4(15)16)6(11)8(13)9(14)7(5)12/h1-2H,(H2,15,16). The summed E-state index contributed by atoms with van der Waals surface area (Å²) in [6, 6.07) is 0. The van der Waals surface area contributed by atoms with Crippen LogP contribution >= 0.6 is 0 Å². The molecular weight excluding hydrogens is 233 g/mol. The zero-order valence-electron chi connectivity index (χ0n) is 7.53. The molecule has 7 heteroatoms. The summed E-state index contributed by atoms with van der Waals surface area (Å²) in [5.41, 5.74) is 3.40. The van der Waals surface area contributed by atoms with Crippen LogP contribution in [-0.4, -0.2) is 5.91 Å². The predicted molar refractivity (Wildman–Crippen MR) is 44.5 cm³/mol. The van der Waals surface area contributed by atoms with Crippen molar-refractivity contribution < 1.29 is 26.7 Å². The lowest BCUT2D eigenvalue weighted by molar-refractivity contribution is -0.113. The molecule has 0 spiro atoms. The number of primary amides is 1. The van der Waals surface area contributed by atoms with E-state index in [2.05, 4.69) is 5.73 Å². The maximum atomic E-state index is 12.9. The van der Waals surface area contributed by atoms with Gasteiger partial charge in [0.1, 0.15) is 0 Å². The molecule has 2 nitrogen and oxygen atoms in total. The highest BCUT2D eigenvalue weighted by Gasteiger charge is 2.24. The molecule has 86 valence electrons. The van der Waals surface area contributed by atoms with Crippen LogP contribution in [0.5, 0.6) is 0 Å². The molecule has 1 rings (SSSR count). The van der Waals surface area contributed by atoms with E-state index in [9.17, 15) is 26.7 Å². The molecule has 0 aliphatic rings. The number of carbonyl (C=O) groups is 1. The largest absolute Gasteiger partial charge is 0.366 e. The van der Waals surface area contributed by atoms with Gasteiger partial charge in [-0.15, -0.1) is 0 Å². The maximum Gasteiger partial charge on any atom is 0.241 e. The number of halogens is 5. The Morgan fingerprint density at radius 2 is 1.25 bits per heavy atom. The van der Waals surface area contributed by atoms with Crippen molar-refractivity contribution in [2.75, 3.05) is 0 Å². The average Bonchev–Trinajstić information content (AvgIpc) is 2.23. The first-order valence-corrected chi connectivity index (χ1v) is 3.85. The second kappa shape index (κ2) is 4.30. The van der Waals surface area contributed by atoms with Gasteiger partial charge >= 0.3 is 0 Å². The van der Waals surface area contributed by atoms with Crippen molar-refractivity contribution >= 4 is 12.0 Å². The monoisotopic (exact) mass is 237 g/mol. The van der Waals surface area contributed by atoms with Crippen LogP contribution in [0.4, 0.5) is 22.0 Å². The fourth-order valence-electron chi connectivity index (χ4n) is 0.934. The van der Waals surface area contributed by atoms with Crippen LogP contribution in [0.3, 0.4) is 0 Å². The molecule has 0 bridgehead atoms. The van der Waals surface area contributed by atoms with Gasteiger partial charge in [-0.05, 0) is 6.08 Å². The van der Waals surface area contributed by atoms with E-state index >= 15 is 0 Å². The lowest BCUT2D eigenvalue weighted by Gasteiger charge is -2.03. The molecule has 0 radical (unpaired) electrons. The van der Waals surface area contributed by atoms with Crippen LogP contribution in [0.2, 0.25) is 0 Å². The van der Waals surface area contributed by atoms with Gasteiger partial charge in [0.2, 0.25) is 11.7 Å². The van der Waals surface area contributed by atoms with Crippen molar-refractivity contribution in [2.24, 2.45) is 5.73 Å². The SMILES string of the molecule is NC(=O)C=Cc1c(F)c(F)c(F)c(F)c1F. The third kappa shape index (κ3) is 2.02. The highest BCUT2D eigenvalue weighted by Crippen LogP contribution is 2.23. The van der Waals surface area contributed by atoms with Crippen molar-refractivity contribution in [3.05, 3.63) is 40.7 Å². The first kappa shape index (κ1) is 12.2. The minimum Gasteiger partial charge on any atom is -0.366 e. The molecule has 16 heavy (non-hydrogen) atoms. The topological polar surface area (TPSA) is 43.1 Å². The van der Waals surface area contributed by atoms with Crippen LogP contribution in [0.1, 0.15) is 5.56 Å². The minimum atomic E-state index is -2.26. The molecule has 1 aromatic rings. The highest BCUT2D eigenvalue weighted by atomic mass is 19.2. The van der Waals surface area contributed by atoms with E-state index < -0.39 is 40.6 Å². The van der Waals surface area contributed by atoms with Gasteiger partial charge in [-0.3, -0.25) is 4.79 Å². The molecule has 0 atom stereocenters. The Labute approximate surface area is 86.2 Å². The van der Waals surface area contributed by atoms with Crippen molar-refractivity contribution in [1.29, 1.82) is 0 Å². The summed E-state index contributed by atoms with van der Waals surface area (Å²) < 4.78 is 63.6.